The van der Waals surface area contributed by atoms with Crippen molar-refractivity contribution >= 4 is 17.7 Å². The molecule has 0 aromatic carbocycles. The number of rotatable bonds is 3. The van der Waals surface area contributed by atoms with Gasteiger partial charge in [-0.25, -0.2) is 4.79 Å². The van der Waals surface area contributed by atoms with E-state index in [1.807, 2.05) is 0 Å². The first kappa shape index (κ1) is 8.85. The Bertz CT molecular complexity index is 341. The quantitative estimate of drug-likeness (QED) is 0.471. The number of aromatic nitrogens is 2. The van der Waals surface area contributed by atoms with Crippen molar-refractivity contribution in [3.63, 3.8) is 0 Å². The molecule has 0 bridgehead atoms. The largest absolute Gasteiger partial charge is 0.481 e. The van der Waals surface area contributed by atoms with E-state index < -0.39 is 11.6 Å². The summed E-state index contributed by atoms with van der Waals surface area (Å²) >= 11 is 0.914. The first-order valence-corrected chi connectivity index (χ1v) is 4.02. The SMILES string of the molecule is C[n+]1[nH]oc(=O)c1SCC(=O)O. The molecule has 0 aliphatic carbocycles. The fraction of sp³-hybridized carbons (Fsp3) is 0.400. The summed E-state index contributed by atoms with van der Waals surface area (Å²) in [6, 6.07) is 0. The van der Waals surface area contributed by atoms with Crippen molar-refractivity contribution < 1.29 is 19.1 Å². The summed E-state index contributed by atoms with van der Waals surface area (Å²) < 4.78 is 5.73. The first-order chi connectivity index (χ1) is 5.61. The van der Waals surface area contributed by atoms with Gasteiger partial charge in [0.1, 0.15) is 5.75 Å². The zero-order chi connectivity index (χ0) is 9.14. The minimum atomic E-state index is -0.972. The lowest BCUT2D eigenvalue weighted by Gasteiger charge is -1.85. The van der Waals surface area contributed by atoms with Gasteiger partial charge in [-0.15, -0.1) is 0 Å². The molecule has 0 spiro atoms. The summed E-state index contributed by atoms with van der Waals surface area (Å²) in [7, 11) is 1.56. The van der Waals surface area contributed by atoms with E-state index in [9.17, 15) is 9.59 Å². The highest BCUT2D eigenvalue weighted by atomic mass is 32.2. The lowest BCUT2D eigenvalue weighted by Crippen LogP contribution is -2.33. The Morgan fingerprint density at radius 1 is 1.83 bits per heavy atom. The highest BCUT2D eigenvalue weighted by Gasteiger charge is 2.18. The maximum Gasteiger partial charge on any atom is 0.441 e. The maximum absolute atomic E-state index is 10.8. The summed E-state index contributed by atoms with van der Waals surface area (Å²) in [5, 5.41) is 10.8. The molecular weight excluding hydrogens is 184 g/mol. The van der Waals surface area contributed by atoms with Crippen LogP contribution in [0.1, 0.15) is 0 Å². The van der Waals surface area contributed by atoms with Gasteiger partial charge < -0.3 is 5.11 Å². The topological polar surface area (TPSA) is 87.2 Å². The number of hydrogen-bond donors (Lipinski definition) is 2. The molecule has 0 aliphatic heterocycles. The van der Waals surface area contributed by atoms with Gasteiger partial charge in [0.2, 0.25) is 0 Å². The van der Waals surface area contributed by atoms with E-state index in [4.69, 9.17) is 5.11 Å². The Labute approximate surface area is 71.1 Å². The molecule has 1 rings (SSSR count). The second kappa shape index (κ2) is 3.44. The van der Waals surface area contributed by atoms with Crippen LogP contribution in [-0.4, -0.2) is 22.1 Å². The summed E-state index contributed by atoms with van der Waals surface area (Å²) in [6.45, 7) is 0. The van der Waals surface area contributed by atoms with Crippen molar-refractivity contribution in [1.29, 1.82) is 0 Å². The third-order valence-corrected chi connectivity index (χ3v) is 2.19. The monoisotopic (exact) mass is 191 g/mol. The fourth-order valence-corrected chi connectivity index (χ4v) is 1.27. The highest BCUT2D eigenvalue weighted by molar-refractivity contribution is 7.99. The number of carbonyl (C=O) groups is 1. The van der Waals surface area contributed by atoms with Gasteiger partial charge in [-0.2, -0.15) is 0 Å². The Kier molecular flexibility index (Phi) is 2.54. The summed E-state index contributed by atoms with van der Waals surface area (Å²) in [6.07, 6.45) is 0. The van der Waals surface area contributed by atoms with Crippen LogP contribution in [0.5, 0.6) is 0 Å². The molecular formula is C5H7N2O4S+. The minimum absolute atomic E-state index is 0.156. The van der Waals surface area contributed by atoms with E-state index in [-0.39, 0.29) is 10.8 Å². The number of aryl methyl sites for hydroxylation is 1. The van der Waals surface area contributed by atoms with E-state index in [0.717, 1.165) is 11.8 Å². The zero-order valence-electron chi connectivity index (χ0n) is 6.23. The molecule has 7 heteroatoms. The average molecular weight is 191 g/mol. The van der Waals surface area contributed by atoms with E-state index >= 15 is 0 Å². The van der Waals surface area contributed by atoms with E-state index in [1.165, 1.54) is 4.68 Å². The molecule has 0 fully saturated rings. The molecule has 0 atom stereocenters. The lowest BCUT2D eigenvalue weighted by molar-refractivity contribution is -0.772. The molecule has 66 valence electrons. The van der Waals surface area contributed by atoms with Gasteiger partial charge in [0.25, 0.3) is 0 Å². The van der Waals surface area contributed by atoms with Gasteiger partial charge in [0.15, 0.2) is 7.05 Å². The number of carboxylic acids is 1. The van der Waals surface area contributed by atoms with E-state index in [2.05, 4.69) is 9.79 Å². The predicted octanol–water partition coefficient (Wildman–Crippen LogP) is -1.03. The van der Waals surface area contributed by atoms with Crippen molar-refractivity contribution in [2.24, 2.45) is 7.05 Å². The number of hydrogen-bond acceptors (Lipinski definition) is 4. The third-order valence-electron chi connectivity index (χ3n) is 1.09. The van der Waals surface area contributed by atoms with Gasteiger partial charge in [-0.3, -0.25) is 9.32 Å². The Hall–Kier alpha value is -1.24. The number of H-pyrrole nitrogens is 1. The second-order valence-electron chi connectivity index (χ2n) is 2.03. The summed E-state index contributed by atoms with van der Waals surface area (Å²) in [5.41, 5.74) is -0.552. The van der Waals surface area contributed by atoms with Gasteiger partial charge in [0.05, 0.1) is 0 Å². The third kappa shape index (κ3) is 1.88. The van der Waals surface area contributed by atoms with Gasteiger partial charge >= 0.3 is 16.6 Å². The van der Waals surface area contributed by atoms with Crippen molar-refractivity contribution in [1.82, 2.24) is 5.27 Å². The molecule has 0 amide bonds. The molecule has 2 N–H and O–H groups in total. The van der Waals surface area contributed by atoms with Crippen LogP contribution in [0.25, 0.3) is 0 Å². The van der Waals surface area contributed by atoms with Crippen molar-refractivity contribution in [3.8, 4) is 0 Å². The van der Waals surface area contributed by atoms with Crippen molar-refractivity contribution in [2.45, 2.75) is 5.03 Å². The van der Waals surface area contributed by atoms with Crippen LogP contribution in [0.15, 0.2) is 14.3 Å². The molecule has 0 radical (unpaired) electrons. The molecule has 1 aromatic heterocycles. The second-order valence-corrected chi connectivity index (χ2v) is 2.99. The molecule has 0 saturated heterocycles. The van der Waals surface area contributed by atoms with Gasteiger partial charge in [-0.1, -0.05) is 4.68 Å². The van der Waals surface area contributed by atoms with Crippen molar-refractivity contribution in [3.05, 3.63) is 10.4 Å². The number of nitrogens with zero attached hydrogens (tertiary/aromatic N) is 1. The molecule has 0 unspecified atom stereocenters. The molecule has 1 aromatic rings. The van der Waals surface area contributed by atoms with Gasteiger partial charge in [0, 0.05) is 0 Å². The van der Waals surface area contributed by atoms with Crippen LogP contribution in [0, 0.1) is 0 Å². The number of carboxylic acid groups (broad SMARTS) is 1. The predicted molar refractivity (Wildman–Crippen MR) is 38.9 cm³/mol. The Morgan fingerprint density at radius 3 is 2.92 bits per heavy atom. The molecule has 1 heterocycles. The zero-order valence-corrected chi connectivity index (χ0v) is 7.05. The van der Waals surface area contributed by atoms with E-state index in [1.54, 1.807) is 7.05 Å². The first-order valence-electron chi connectivity index (χ1n) is 3.03. The fourth-order valence-electron chi connectivity index (χ4n) is 0.618. The summed E-state index contributed by atoms with van der Waals surface area (Å²) in [5.74, 6) is -1.13. The molecule has 0 saturated carbocycles. The van der Waals surface area contributed by atoms with Crippen LogP contribution in [-0.2, 0) is 11.8 Å². The number of nitrogens with one attached hydrogen (secondary N) is 1. The molecule has 12 heavy (non-hydrogen) atoms. The van der Waals surface area contributed by atoms with Crippen LogP contribution < -0.4 is 10.3 Å². The van der Waals surface area contributed by atoms with Crippen LogP contribution in [0.2, 0.25) is 0 Å². The molecule has 6 nitrogen and oxygen atoms in total. The van der Waals surface area contributed by atoms with Crippen molar-refractivity contribution in [2.75, 3.05) is 5.75 Å². The summed E-state index contributed by atoms with van der Waals surface area (Å²) in [4.78, 5) is 21.0. The smallest absolute Gasteiger partial charge is 0.441 e. The number of thioether (sulfide) groups is 1. The van der Waals surface area contributed by atoms with Crippen LogP contribution in [0.3, 0.4) is 0 Å². The van der Waals surface area contributed by atoms with Crippen LogP contribution >= 0.6 is 11.8 Å². The average Bonchev–Trinajstić information content (AvgIpc) is 2.28. The normalized spacial score (nSPS) is 10.1. The van der Waals surface area contributed by atoms with Gasteiger partial charge in [-0.05, 0) is 17.0 Å². The lowest BCUT2D eigenvalue weighted by atomic mass is 10.8. The number of aliphatic carboxylic acids is 1. The van der Waals surface area contributed by atoms with Crippen LogP contribution in [0.4, 0.5) is 0 Å². The Balaban J connectivity index is 2.75. The maximum atomic E-state index is 10.8. The minimum Gasteiger partial charge on any atom is -0.481 e. The highest BCUT2D eigenvalue weighted by Crippen LogP contribution is 2.06. The standard InChI is InChI=1S/C5H6N2O4S/c1-7-4(5(10)11-6-7)12-2-3(8)9/h2H2,1H3,(H-,6,8,9,10)/p+1. The molecule has 0 aliphatic rings. The number of aromatic amines is 1. The Morgan fingerprint density at radius 2 is 2.50 bits per heavy atom. The van der Waals surface area contributed by atoms with E-state index in [0.29, 0.717) is 0 Å².